The number of carbonyl (C=O) groups is 3. The third-order valence-electron chi connectivity index (χ3n) is 8.18. The summed E-state index contributed by atoms with van der Waals surface area (Å²) in [6.07, 6.45) is -0.0923. The van der Waals surface area contributed by atoms with Gasteiger partial charge in [0.05, 0.1) is 22.1 Å². The maximum absolute atomic E-state index is 13.2. The highest BCUT2D eigenvalue weighted by molar-refractivity contribution is 5.90. The van der Waals surface area contributed by atoms with Crippen molar-refractivity contribution in [1.29, 1.82) is 0 Å². The van der Waals surface area contributed by atoms with E-state index in [1.165, 1.54) is 6.92 Å². The lowest BCUT2D eigenvalue weighted by Crippen LogP contribution is -2.55. The molecule has 1 saturated carbocycles. The van der Waals surface area contributed by atoms with Crippen LogP contribution in [0.3, 0.4) is 0 Å². The predicted octanol–water partition coefficient (Wildman–Crippen LogP) is 5.13. The van der Waals surface area contributed by atoms with Crippen LogP contribution in [0, 0.1) is 17.3 Å². The molecule has 7 heteroatoms. The number of hydrogen-bond donors (Lipinski definition) is 1. The summed E-state index contributed by atoms with van der Waals surface area (Å²) in [6, 6.07) is 17.3. The van der Waals surface area contributed by atoms with Gasteiger partial charge in [-0.2, -0.15) is 0 Å². The topological polar surface area (TPSA) is 99.1 Å². The third kappa shape index (κ3) is 5.12. The Morgan fingerprint density at radius 3 is 1.92 bits per heavy atom. The Kier molecular flexibility index (Phi) is 7.79. The van der Waals surface area contributed by atoms with Crippen LogP contribution < -0.4 is 0 Å². The zero-order valence-corrected chi connectivity index (χ0v) is 22.5. The predicted molar refractivity (Wildman–Crippen MR) is 141 cm³/mol. The van der Waals surface area contributed by atoms with E-state index in [1.807, 2.05) is 45.9 Å². The fourth-order valence-corrected chi connectivity index (χ4v) is 6.18. The summed E-state index contributed by atoms with van der Waals surface area (Å²) in [6.45, 7) is 8.84. The van der Waals surface area contributed by atoms with Crippen molar-refractivity contribution in [3.05, 3.63) is 83.4 Å². The Hall–Kier alpha value is -3.45. The molecule has 4 rings (SSSR count). The van der Waals surface area contributed by atoms with Gasteiger partial charge in [-0.3, -0.25) is 4.79 Å². The summed E-state index contributed by atoms with van der Waals surface area (Å²) in [4.78, 5) is 38.7. The van der Waals surface area contributed by atoms with E-state index in [0.29, 0.717) is 17.5 Å². The van der Waals surface area contributed by atoms with Crippen molar-refractivity contribution in [2.45, 2.75) is 71.4 Å². The average molecular weight is 521 g/mol. The van der Waals surface area contributed by atoms with E-state index in [9.17, 15) is 19.5 Å². The monoisotopic (exact) mass is 520 g/mol. The third-order valence-corrected chi connectivity index (χ3v) is 8.18. The van der Waals surface area contributed by atoms with E-state index >= 15 is 0 Å². The summed E-state index contributed by atoms with van der Waals surface area (Å²) < 4.78 is 18.0. The van der Waals surface area contributed by atoms with Crippen LogP contribution in [-0.4, -0.2) is 46.9 Å². The van der Waals surface area contributed by atoms with Crippen molar-refractivity contribution >= 4 is 17.9 Å². The molecule has 202 valence electrons. The summed E-state index contributed by atoms with van der Waals surface area (Å²) >= 11 is 0. The molecular formula is C31H36O7. The van der Waals surface area contributed by atoms with E-state index in [0.717, 1.165) is 5.57 Å². The van der Waals surface area contributed by atoms with E-state index < -0.39 is 53.2 Å². The molecule has 0 heterocycles. The number of aliphatic hydroxyl groups is 1. The molecule has 0 amide bonds. The lowest BCUT2D eigenvalue weighted by atomic mass is 9.66. The maximum Gasteiger partial charge on any atom is 0.338 e. The second-order valence-electron chi connectivity index (χ2n) is 11.0. The van der Waals surface area contributed by atoms with E-state index in [4.69, 9.17) is 14.2 Å². The molecule has 1 N–H and O–H groups in total. The van der Waals surface area contributed by atoms with Crippen LogP contribution in [0.5, 0.6) is 0 Å². The highest BCUT2D eigenvalue weighted by Gasteiger charge is 2.69. The number of benzene rings is 2. The molecule has 6 atom stereocenters. The Morgan fingerprint density at radius 1 is 0.895 bits per heavy atom. The van der Waals surface area contributed by atoms with Gasteiger partial charge in [-0.1, -0.05) is 62.7 Å². The first kappa shape index (κ1) is 27.6. The molecule has 0 aliphatic heterocycles. The van der Waals surface area contributed by atoms with Gasteiger partial charge >= 0.3 is 17.9 Å². The largest absolute Gasteiger partial charge is 0.462 e. The lowest BCUT2D eigenvalue weighted by Gasteiger charge is -2.45. The zero-order chi connectivity index (χ0) is 27.7. The van der Waals surface area contributed by atoms with E-state index in [1.54, 1.807) is 48.5 Å². The standard InChI is InChI=1S/C31H36O7/c1-19(2)31(35)18-26(36-21(4)32)30(5)25(38-29(34)23-14-10-7-11-15-23)17-20(3)16-24(27(30)31)37-28(33)22-12-8-6-9-13-22/h6-15,17,19,24-27,35H,16,18H2,1-5H3/t24-,25-,26-,27+,30-,31+/m0/s1. The Morgan fingerprint density at radius 2 is 1.42 bits per heavy atom. The van der Waals surface area contributed by atoms with Crippen LogP contribution >= 0.6 is 0 Å². The number of fused-ring (bicyclic) bond motifs is 1. The fourth-order valence-electron chi connectivity index (χ4n) is 6.18. The first-order chi connectivity index (χ1) is 18.0. The number of ether oxygens (including phenoxy) is 3. The van der Waals surface area contributed by atoms with Gasteiger partial charge in [-0.05, 0) is 43.2 Å². The minimum atomic E-state index is -1.37. The Bertz CT molecular complexity index is 1210. The number of carbonyl (C=O) groups excluding carboxylic acids is 3. The van der Waals surface area contributed by atoms with Crippen molar-refractivity contribution in [2.75, 3.05) is 0 Å². The minimum absolute atomic E-state index is 0.122. The van der Waals surface area contributed by atoms with Crippen molar-refractivity contribution in [3.63, 3.8) is 0 Å². The van der Waals surface area contributed by atoms with Gasteiger partial charge in [0.2, 0.25) is 0 Å². The van der Waals surface area contributed by atoms with Crippen LogP contribution in [0.1, 0.15) is 68.2 Å². The van der Waals surface area contributed by atoms with Gasteiger partial charge in [0.25, 0.3) is 0 Å². The zero-order valence-electron chi connectivity index (χ0n) is 22.5. The summed E-state index contributed by atoms with van der Waals surface area (Å²) in [7, 11) is 0. The normalized spacial score (nSPS) is 30.6. The summed E-state index contributed by atoms with van der Waals surface area (Å²) in [5, 5.41) is 12.2. The second-order valence-corrected chi connectivity index (χ2v) is 11.0. The van der Waals surface area contributed by atoms with Crippen molar-refractivity contribution in [2.24, 2.45) is 17.3 Å². The maximum atomic E-state index is 13.2. The van der Waals surface area contributed by atoms with Gasteiger partial charge in [-0.15, -0.1) is 0 Å². The van der Waals surface area contributed by atoms with E-state index in [-0.39, 0.29) is 12.3 Å². The molecule has 7 nitrogen and oxygen atoms in total. The molecule has 2 aromatic carbocycles. The summed E-state index contributed by atoms with van der Waals surface area (Å²) in [5.41, 5.74) is -0.836. The second kappa shape index (κ2) is 10.7. The number of esters is 3. The highest BCUT2D eigenvalue weighted by atomic mass is 16.6. The summed E-state index contributed by atoms with van der Waals surface area (Å²) in [5.74, 6) is -2.50. The fraction of sp³-hybridized carbons (Fsp3) is 0.452. The molecule has 0 spiro atoms. The Labute approximate surface area is 223 Å². The average Bonchev–Trinajstić information content (AvgIpc) is 3.04. The molecule has 0 bridgehead atoms. The van der Waals surface area contributed by atoms with Crippen LogP contribution in [0.2, 0.25) is 0 Å². The SMILES string of the molecule is CC(=O)O[C@H]1C[C@@](O)(C(C)C)[C@@H]2[C@@H](OC(=O)c3ccccc3)CC(C)=C[C@H](OC(=O)c3ccccc3)[C@@]12C. The molecule has 0 saturated heterocycles. The van der Waals surface area contributed by atoms with E-state index in [2.05, 4.69) is 0 Å². The lowest BCUT2D eigenvalue weighted by molar-refractivity contribution is -0.161. The molecule has 2 aliphatic carbocycles. The minimum Gasteiger partial charge on any atom is -0.462 e. The quantitative estimate of drug-likeness (QED) is 0.320. The molecule has 0 aromatic heterocycles. The van der Waals surface area contributed by atoms with Crippen LogP contribution in [0.4, 0.5) is 0 Å². The first-order valence-corrected chi connectivity index (χ1v) is 13.1. The van der Waals surface area contributed by atoms with Gasteiger partial charge in [0, 0.05) is 25.7 Å². The molecule has 1 fully saturated rings. The van der Waals surface area contributed by atoms with Crippen molar-refractivity contribution in [1.82, 2.24) is 0 Å². The number of hydrogen-bond acceptors (Lipinski definition) is 7. The molecule has 2 aliphatic rings. The van der Waals surface area contributed by atoms with Gasteiger partial charge in [0.1, 0.15) is 18.3 Å². The van der Waals surface area contributed by atoms with Crippen LogP contribution in [0.15, 0.2) is 72.3 Å². The van der Waals surface area contributed by atoms with Crippen molar-refractivity contribution < 1.29 is 33.7 Å². The molecule has 0 radical (unpaired) electrons. The molecular weight excluding hydrogens is 484 g/mol. The van der Waals surface area contributed by atoms with Gasteiger partial charge in [-0.25, -0.2) is 9.59 Å². The molecule has 0 unspecified atom stereocenters. The highest BCUT2D eigenvalue weighted by Crippen LogP contribution is 2.60. The molecule has 2 aromatic rings. The van der Waals surface area contributed by atoms with Crippen LogP contribution in [0.25, 0.3) is 0 Å². The smallest absolute Gasteiger partial charge is 0.338 e. The van der Waals surface area contributed by atoms with Gasteiger partial charge in [0.15, 0.2) is 0 Å². The molecule has 38 heavy (non-hydrogen) atoms. The van der Waals surface area contributed by atoms with Crippen molar-refractivity contribution in [3.8, 4) is 0 Å². The van der Waals surface area contributed by atoms with Gasteiger partial charge < -0.3 is 19.3 Å². The van der Waals surface area contributed by atoms with Crippen LogP contribution in [-0.2, 0) is 19.0 Å². The Balaban J connectivity index is 1.81. The number of rotatable bonds is 6. The first-order valence-electron chi connectivity index (χ1n) is 13.1.